The Labute approximate surface area is 177 Å². The molecule has 0 radical (unpaired) electrons. The number of hydrogen-bond donors (Lipinski definition) is 1. The van der Waals surface area contributed by atoms with Crippen molar-refractivity contribution in [3.05, 3.63) is 47.7 Å². The quantitative estimate of drug-likeness (QED) is 0.743. The van der Waals surface area contributed by atoms with Gasteiger partial charge in [-0.25, -0.2) is 23.9 Å². The number of nitrogens with zero attached hydrogens (tertiary/aromatic N) is 6. The second kappa shape index (κ2) is 8.16. The molecule has 4 rings (SSSR count). The van der Waals surface area contributed by atoms with Crippen LogP contribution in [0.4, 0.5) is 10.2 Å². The Morgan fingerprint density at radius 3 is 3.10 bits per heavy atom. The topological polar surface area (TPSA) is 117 Å². The number of hydroxylamine groups is 1. The summed E-state index contributed by atoms with van der Waals surface area (Å²) < 4.78 is 20.5. The van der Waals surface area contributed by atoms with Gasteiger partial charge in [0.1, 0.15) is 24.1 Å². The molecule has 0 aromatic carbocycles. The number of nitrogens with one attached hydrogen (secondary N) is 1. The van der Waals surface area contributed by atoms with Crippen molar-refractivity contribution >= 4 is 23.3 Å². The first-order valence-corrected chi connectivity index (χ1v) is 9.63. The molecule has 2 bridgehead atoms. The molecule has 2 aromatic rings. The third-order valence-corrected chi connectivity index (χ3v) is 4.82. The van der Waals surface area contributed by atoms with Crippen LogP contribution in [0.2, 0.25) is 0 Å². The smallest absolute Gasteiger partial charge is 0.258 e. The van der Waals surface area contributed by atoms with E-state index in [9.17, 15) is 14.4 Å². The van der Waals surface area contributed by atoms with Crippen molar-refractivity contribution in [1.82, 2.24) is 19.9 Å². The molecular weight excluding hydrogens is 405 g/mol. The van der Waals surface area contributed by atoms with Crippen LogP contribution >= 0.6 is 0 Å². The maximum atomic E-state index is 13.3. The summed E-state index contributed by atoms with van der Waals surface area (Å²) in [4.78, 5) is 27.3. The Bertz CT molecular complexity index is 1160. The molecule has 0 saturated carbocycles. The van der Waals surface area contributed by atoms with Crippen LogP contribution in [0.3, 0.4) is 0 Å². The van der Waals surface area contributed by atoms with Gasteiger partial charge in [0.2, 0.25) is 5.90 Å². The first-order valence-electron chi connectivity index (χ1n) is 9.63. The van der Waals surface area contributed by atoms with E-state index in [4.69, 9.17) is 9.57 Å². The van der Waals surface area contributed by atoms with E-state index < -0.39 is 17.8 Å². The SMILES string of the molecule is C=C1/C(=N\C=C(/C)F)OC[C@@H](C)NC(=O)c2c(C#N)nn3ccc(nc23)N2OCC[C@@H]12. The van der Waals surface area contributed by atoms with E-state index in [1.807, 2.05) is 6.07 Å². The third kappa shape index (κ3) is 3.85. The summed E-state index contributed by atoms with van der Waals surface area (Å²) in [6.45, 7) is 7.55. The Balaban J connectivity index is 1.85. The molecule has 1 fully saturated rings. The Morgan fingerprint density at radius 2 is 2.35 bits per heavy atom. The summed E-state index contributed by atoms with van der Waals surface area (Å²) >= 11 is 0. The highest BCUT2D eigenvalue weighted by molar-refractivity contribution is 6.02. The van der Waals surface area contributed by atoms with Gasteiger partial charge in [0, 0.05) is 24.3 Å². The number of ether oxygens (including phenoxy) is 1. The molecule has 0 spiro atoms. The minimum Gasteiger partial charge on any atom is -0.475 e. The highest BCUT2D eigenvalue weighted by atomic mass is 19.1. The van der Waals surface area contributed by atoms with Crippen LogP contribution in [0.1, 0.15) is 36.3 Å². The highest BCUT2D eigenvalue weighted by Crippen LogP contribution is 2.29. The molecule has 11 heteroatoms. The van der Waals surface area contributed by atoms with Gasteiger partial charge in [0.25, 0.3) is 5.91 Å². The fourth-order valence-corrected chi connectivity index (χ4v) is 3.39. The molecule has 4 heterocycles. The number of fused-ring (bicyclic) bond motifs is 3. The van der Waals surface area contributed by atoms with E-state index in [1.165, 1.54) is 11.4 Å². The first-order chi connectivity index (χ1) is 14.9. The largest absolute Gasteiger partial charge is 0.475 e. The molecule has 31 heavy (non-hydrogen) atoms. The third-order valence-electron chi connectivity index (χ3n) is 4.82. The molecule has 1 N–H and O–H groups in total. The number of carbonyl (C=O) groups is 1. The number of hydrogen-bond acceptors (Lipinski definition) is 8. The zero-order valence-corrected chi connectivity index (χ0v) is 17.0. The van der Waals surface area contributed by atoms with Crippen LogP contribution in [-0.4, -0.2) is 51.7 Å². The molecule has 10 nitrogen and oxygen atoms in total. The van der Waals surface area contributed by atoms with E-state index >= 15 is 0 Å². The monoisotopic (exact) mass is 425 g/mol. The summed E-state index contributed by atoms with van der Waals surface area (Å²) in [5, 5.41) is 17.9. The highest BCUT2D eigenvalue weighted by Gasteiger charge is 2.34. The lowest BCUT2D eigenvalue weighted by atomic mass is 10.1. The van der Waals surface area contributed by atoms with Crippen molar-refractivity contribution in [3.8, 4) is 6.07 Å². The van der Waals surface area contributed by atoms with Gasteiger partial charge in [0.15, 0.2) is 17.2 Å². The van der Waals surface area contributed by atoms with Gasteiger partial charge in [-0.2, -0.15) is 10.4 Å². The van der Waals surface area contributed by atoms with E-state index in [-0.39, 0.29) is 35.5 Å². The van der Waals surface area contributed by atoms with Crippen molar-refractivity contribution in [2.45, 2.75) is 32.4 Å². The minimum absolute atomic E-state index is 0.0424. The van der Waals surface area contributed by atoms with E-state index in [0.29, 0.717) is 24.4 Å². The van der Waals surface area contributed by atoms with Crippen molar-refractivity contribution < 1.29 is 18.8 Å². The van der Waals surface area contributed by atoms with Gasteiger partial charge in [-0.3, -0.25) is 9.63 Å². The molecule has 1 saturated heterocycles. The molecule has 0 unspecified atom stereocenters. The van der Waals surface area contributed by atoms with Crippen molar-refractivity contribution in [3.63, 3.8) is 0 Å². The van der Waals surface area contributed by atoms with Crippen molar-refractivity contribution in [1.29, 1.82) is 5.26 Å². The fourth-order valence-electron chi connectivity index (χ4n) is 3.39. The van der Waals surface area contributed by atoms with Crippen molar-refractivity contribution in [2.75, 3.05) is 18.3 Å². The average Bonchev–Trinajstić information content (AvgIpc) is 3.36. The summed E-state index contributed by atoms with van der Waals surface area (Å²) in [5.74, 6) is -0.461. The Hall–Kier alpha value is -3.78. The standard InChI is InChI=1S/C20H20FN7O3/c1-11(21)9-23-20-13(3)15-5-7-31-28(15)16-4-6-27-18(25-16)17(14(8-22)26-27)19(29)24-12(2)10-30-20/h4,6,9,12,15H,3,5,7,10H2,1-2H3,(H,24,29)/b11-9+,23-20+/t12-,15+/m1/s1. The van der Waals surface area contributed by atoms with Crippen LogP contribution in [0.15, 0.2) is 41.4 Å². The van der Waals surface area contributed by atoms with Gasteiger partial charge in [0.05, 0.1) is 24.9 Å². The molecule has 0 aliphatic carbocycles. The molecule has 2 aliphatic rings. The number of aromatic nitrogens is 3. The molecule has 2 aliphatic heterocycles. The molecule has 160 valence electrons. The summed E-state index contributed by atoms with van der Waals surface area (Å²) in [6.07, 6.45) is 3.22. The summed E-state index contributed by atoms with van der Waals surface area (Å²) in [5.41, 5.74) is 0.735. The number of anilines is 1. The van der Waals surface area contributed by atoms with Crippen LogP contribution in [0.5, 0.6) is 0 Å². The molecule has 2 aromatic heterocycles. The fraction of sp³-hybridized carbons (Fsp3) is 0.350. The molecule has 2 atom stereocenters. The lowest BCUT2D eigenvalue weighted by Gasteiger charge is -2.25. The number of rotatable bonds is 1. The van der Waals surface area contributed by atoms with Crippen LogP contribution < -0.4 is 10.4 Å². The normalized spacial score (nSPS) is 23.6. The van der Waals surface area contributed by atoms with Gasteiger partial charge < -0.3 is 10.1 Å². The van der Waals surface area contributed by atoms with Crippen LogP contribution in [0.25, 0.3) is 5.65 Å². The number of halogens is 1. The van der Waals surface area contributed by atoms with Gasteiger partial charge >= 0.3 is 0 Å². The molecular formula is C20H20FN7O3. The Kier molecular flexibility index (Phi) is 5.39. The number of nitriles is 1. The number of amides is 1. The van der Waals surface area contributed by atoms with E-state index in [2.05, 4.69) is 27.0 Å². The number of carbonyl (C=O) groups excluding carboxylic acids is 1. The zero-order chi connectivity index (χ0) is 22.1. The van der Waals surface area contributed by atoms with Gasteiger partial charge in [-0.15, -0.1) is 0 Å². The van der Waals surface area contributed by atoms with Crippen molar-refractivity contribution in [2.24, 2.45) is 4.99 Å². The lowest BCUT2D eigenvalue weighted by molar-refractivity contribution is 0.0926. The van der Waals surface area contributed by atoms with E-state index in [0.717, 1.165) is 6.20 Å². The number of allylic oxidation sites excluding steroid dienone is 1. The van der Waals surface area contributed by atoms with Crippen LogP contribution in [0, 0.1) is 11.3 Å². The Morgan fingerprint density at radius 1 is 1.55 bits per heavy atom. The average molecular weight is 425 g/mol. The maximum Gasteiger partial charge on any atom is 0.258 e. The number of aliphatic imine (C=N–C) groups is 1. The second-order valence-corrected chi connectivity index (χ2v) is 7.21. The molecule has 1 amide bonds. The summed E-state index contributed by atoms with van der Waals surface area (Å²) in [6, 6.07) is 2.76. The zero-order valence-electron chi connectivity index (χ0n) is 17.0. The predicted molar refractivity (Wildman–Crippen MR) is 109 cm³/mol. The van der Waals surface area contributed by atoms with Gasteiger partial charge in [-0.1, -0.05) is 6.58 Å². The van der Waals surface area contributed by atoms with Crippen LogP contribution in [-0.2, 0) is 9.57 Å². The van der Waals surface area contributed by atoms with E-state index in [1.54, 1.807) is 24.3 Å². The van der Waals surface area contributed by atoms with Gasteiger partial charge in [-0.05, 0) is 13.8 Å². The predicted octanol–water partition coefficient (Wildman–Crippen LogP) is 2.05. The maximum absolute atomic E-state index is 13.3. The minimum atomic E-state index is -0.512. The second-order valence-electron chi connectivity index (χ2n) is 7.21. The summed E-state index contributed by atoms with van der Waals surface area (Å²) in [7, 11) is 0. The first kappa shape index (κ1) is 20.5. The lowest BCUT2D eigenvalue weighted by Crippen LogP contribution is -2.38.